The third-order valence-electron chi connectivity index (χ3n) is 4.45. The minimum atomic E-state index is -0.346. The van der Waals surface area contributed by atoms with Crippen LogP contribution in [0, 0.1) is 6.92 Å². The van der Waals surface area contributed by atoms with E-state index in [1.807, 2.05) is 45.0 Å². The number of benzene rings is 2. The number of imide groups is 1. The first-order valence-corrected chi connectivity index (χ1v) is 9.12. The van der Waals surface area contributed by atoms with E-state index >= 15 is 0 Å². The van der Waals surface area contributed by atoms with Crippen molar-refractivity contribution >= 4 is 34.7 Å². The van der Waals surface area contributed by atoms with Crippen LogP contribution in [0.15, 0.2) is 54.2 Å². The lowest BCUT2D eigenvalue weighted by atomic mass is 10.0. The quantitative estimate of drug-likeness (QED) is 0.781. The van der Waals surface area contributed by atoms with Gasteiger partial charge < -0.3 is 10.6 Å². The van der Waals surface area contributed by atoms with E-state index in [1.165, 1.54) is 11.8 Å². The number of nitrogens with one attached hydrogen (secondary N) is 2. The Labute approximate surface area is 164 Å². The van der Waals surface area contributed by atoms with Gasteiger partial charge in [0.25, 0.3) is 11.8 Å². The van der Waals surface area contributed by atoms with E-state index in [9.17, 15) is 14.4 Å². The topological polar surface area (TPSA) is 78.5 Å². The summed E-state index contributed by atoms with van der Waals surface area (Å²) in [4.78, 5) is 38.4. The second-order valence-corrected chi connectivity index (χ2v) is 7.07. The highest BCUT2D eigenvalue weighted by Gasteiger charge is 2.40. The van der Waals surface area contributed by atoms with Gasteiger partial charge in [0.05, 0.1) is 5.57 Å². The molecule has 0 unspecified atom stereocenters. The second-order valence-electron chi connectivity index (χ2n) is 7.07. The summed E-state index contributed by atoms with van der Waals surface area (Å²) in [6, 6.07) is 14.2. The third-order valence-corrected chi connectivity index (χ3v) is 4.45. The number of aryl methyl sites for hydroxylation is 1. The van der Waals surface area contributed by atoms with Crippen molar-refractivity contribution in [3.8, 4) is 0 Å². The number of carbonyl (C=O) groups excluding carboxylic acids is 3. The maximum absolute atomic E-state index is 13.0. The molecule has 0 saturated heterocycles. The van der Waals surface area contributed by atoms with Crippen molar-refractivity contribution in [3.05, 3.63) is 65.4 Å². The number of hydrogen-bond acceptors (Lipinski definition) is 4. The summed E-state index contributed by atoms with van der Waals surface area (Å²) in [6.07, 6.45) is 0. The second kappa shape index (κ2) is 7.68. The van der Waals surface area contributed by atoms with Gasteiger partial charge in [0.1, 0.15) is 5.70 Å². The van der Waals surface area contributed by atoms with E-state index in [1.54, 1.807) is 24.3 Å². The average Bonchev–Trinajstić information content (AvgIpc) is 2.87. The highest BCUT2D eigenvalue weighted by Crippen LogP contribution is 2.32. The molecule has 28 heavy (non-hydrogen) atoms. The molecule has 6 nitrogen and oxygen atoms in total. The molecule has 144 valence electrons. The molecule has 0 aliphatic carbocycles. The molecule has 3 amide bonds. The number of hydrogen-bond donors (Lipinski definition) is 2. The Morgan fingerprint density at radius 1 is 0.893 bits per heavy atom. The van der Waals surface area contributed by atoms with E-state index in [0.717, 1.165) is 11.3 Å². The largest absolute Gasteiger partial charge is 0.350 e. The van der Waals surface area contributed by atoms with Crippen LogP contribution in [-0.4, -0.2) is 28.7 Å². The SMILES string of the molecule is CC(=O)Nc1ccc(C2=C(Nc3ccc(C)cc3)C(=O)N(C(C)C)C2=O)cc1. The van der Waals surface area contributed by atoms with E-state index in [-0.39, 0.29) is 29.5 Å². The number of rotatable bonds is 5. The minimum Gasteiger partial charge on any atom is -0.350 e. The van der Waals surface area contributed by atoms with Crippen molar-refractivity contribution in [3.63, 3.8) is 0 Å². The summed E-state index contributed by atoms with van der Waals surface area (Å²) < 4.78 is 0. The predicted octanol–water partition coefficient (Wildman–Crippen LogP) is 3.55. The summed E-state index contributed by atoms with van der Waals surface area (Å²) in [5, 5.41) is 5.82. The van der Waals surface area contributed by atoms with Crippen molar-refractivity contribution in [2.45, 2.75) is 33.7 Å². The molecule has 1 aliphatic rings. The van der Waals surface area contributed by atoms with Gasteiger partial charge in [-0.2, -0.15) is 0 Å². The number of amides is 3. The molecular weight excluding hydrogens is 354 g/mol. The molecule has 2 N–H and O–H groups in total. The van der Waals surface area contributed by atoms with Gasteiger partial charge in [-0.15, -0.1) is 0 Å². The Bertz CT molecular complexity index is 958. The van der Waals surface area contributed by atoms with Crippen LogP contribution < -0.4 is 10.6 Å². The van der Waals surface area contributed by atoms with Crippen molar-refractivity contribution in [1.82, 2.24) is 4.90 Å². The van der Waals surface area contributed by atoms with Gasteiger partial charge in [0, 0.05) is 24.3 Å². The van der Waals surface area contributed by atoms with E-state index in [4.69, 9.17) is 0 Å². The van der Waals surface area contributed by atoms with Gasteiger partial charge in [-0.25, -0.2) is 0 Å². The van der Waals surface area contributed by atoms with Gasteiger partial charge in [0.2, 0.25) is 5.91 Å². The van der Waals surface area contributed by atoms with Crippen LogP contribution in [0.5, 0.6) is 0 Å². The standard InChI is InChI=1S/C22H23N3O3/c1-13(2)25-21(27)19(16-7-11-17(12-8-16)23-15(4)26)20(22(25)28)24-18-9-5-14(3)6-10-18/h5-13,24H,1-4H3,(H,23,26). The number of anilines is 2. The fraction of sp³-hybridized carbons (Fsp3) is 0.227. The van der Waals surface area contributed by atoms with Crippen LogP contribution in [0.25, 0.3) is 5.57 Å². The molecule has 6 heteroatoms. The van der Waals surface area contributed by atoms with Gasteiger partial charge >= 0.3 is 0 Å². The first kappa shape index (κ1) is 19.4. The molecule has 0 bridgehead atoms. The van der Waals surface area contributed by atoms with E-state index in [2.05, 4.69) is 10.6 Å². The zero-order valence-electron chi connectivity index (χ0n) is 16.4. The monoisotopic (exact) mass is 377 g/mol. The molecule has 1 heterocycles. The van der Waals surface area contributed by atoms with E-state index in [0.29, 0.717) is 16.8 Å². The zero-order chi connectivity index (χ0) is 20.4. The lowest BCUT2D eigenvalue weighted by Gasteiger charge is -2.19. The van der Waals surface area contributed by atoms with Crippen molar-refractivity contribution in [2.75, 3.05) is 10.6 Å². The number of carbonyl (C=O) groups is 3. The summed E-state index contributed by atoms with van der Waals surface area (Å²) in [6.45, 7) is 7.03. The smallest absolute Gasteiger partial charge is 0.278 e. The van der Waals surface area contributed by atoms with E-state index < -0.39 is 0 Å². The molecule has 0 saturated carbocycles. The normalized spacial score (nSPS) is 14.1. The summed E-state index contributed by atoms with van der Waals surface area (Å²) in [7, 11) is 0. The fourth-order valence-electron chi connectivity index (χ4n) is 3.10. The van der Waals surface area contributed by atoms with Gasteiger partial charge in [-0.1, -0.05) is 29.8 Å². The molecule has 1 aliphatic heterocycles. The zero-order valence-corrected chi connectivity index (χ0v) is 16.4. The summed E-state index contributed by atoms with van der Waals surface area (Å²) in [5.41, 5.74) is 3.67. The Kier molecular flexibility index (Phi) is 5.31. The molecule has 0 spiro atoms. The van der Waals surface area contributed by atoms with Crippen LogP contribution in [0.1, 0.15) is 31.9 Å². The fourth-order valence-corrected chi connectivity index (χ4v) is 3.10. The molecular formula is C22H23N3O3. The van der Waals surface area contributed by atoms with Crippen molar-refractivity contribution < 1.29 is 14.4 Å². The van der Waals surface area contributed by atoms with Crippen LogP contribution in [0.3, 0.4) is 0 Å². The third kappa shape index (κ3) is 3.81. The summed E-state index contributed by atoms with van der Waals surface area (Å²) >= 11 is 0. The molecule has 2 aromatic carbocycles. The Hall–Kier alpha value is -3.41. The first-order chi connectivity index (χ1) is 13.3. The summed E-state index contributed by atoms with van der Waals surface area (Å²) in [5.74, 6) is -0.852. The molecule has 0 radical (unpaired) electrons. The lowest BCUT2D eigenvalue weighted by Crippen LogP contribution is -2.38. The van der Waals surface area contributed by atoms with Gasteiger partial charge in [-0.05, 0) is 50.6 Å². The van der Waals surface area contributed by atoms with Crippen molar-refractivity contribution in [2.24, 2.45) is 0 Å². The van der Waals surface area contributed by atoms with Crippen LogP contribution >= 0.6 is 0 Å². The molecule has 3 rings (SSSR count). The van der Waals surface area contributed by atoms with Crippen LogP contribution in [-0.2, 0) is 14.4 Å². The Morgan fingerprint density at radius 3 is 2.00 bits per heavy atom. The molecule has 0 fully saturated rings. The first-order valence-electron chi connectivity index (χ1n) is 9.12. The Morgan fingerprint density at radius 2 is 1.46 bits per heavy atom. The number of nitrogens with zero attached hydrogens (tertiary/aromatic N) is 1. The molecule has 2 aromatic rings. The minimum absolute atomic E-state index is 0.174. The van der Waals surface area contributed by atoms with Crippen molar-refractivity contribution in [1.29, 1.82) is 0 Å². The Balaban J connectivity index is 2.03. The molecule has 0 aromatic heterocycles. The van der Waals surface area contributed by atoms with Gasteiger partial charge in [-0.3, -0.25) is 19.3 Å². The highest BCUT2D eigenvalue weighted by molar-refractivity contribution is 6.36. The lowest BCUT2D eigenvalue weighted by molar-refractivity contribution is -0.138. The molecule has 0 atom stereocenters. The maximum atomic E-state index is 13.0. The predicted molar refractivity (Wildman–Crippen MR) is 109 cm³/mol. The maximum Gasteiger partial charge on any atom is 0.278 e. The average molecular weight is 377 g/mol. The highest BCUT2D eigenvalue weighted by atomic mass is 16.2. The van der Waals surface area contributed by atoms with Crippen LogP contribution in [0.4, 0.5) is 11.4 Å². The van der Waals surface area contributed by atoms with Gasteiger partial charge in [0.15, 0.2) is 0 Å². The van der Waals surface area contributed by atoms with Crippen LogP contribution in [0.2, 0.25) is 0 Å².